The lowest BCUT2D eigenvalue weighted by molar-refractivity contribution is 0.577. The van der Waals surface area contributed by atoms with E-state index in [0.29, 0.717) is 6.54 Å². The van der Waals surface area contributed by atoms with E-state index >= 15 is 0 Å². The largest absolute Gasteiger partial charge is 0.231 e. The zero-order valence-corrected chi connectivity index (χ0v) is 8.31. The Labute approximate surface area is 74.9 Å². The van der Waals surface area contributed by atoms with Crippen LogP contribution >= 0.6 is 0 Å². The lowest BCUT2D eigenvalue weighted by Crippen LogP contribution is -2.19. The molecule has 3 nitrogen and oxygen atoms in total. The highest BCUT2D eigenvalue weighted by Crippen LogP contribution is 1.94. The Bertz CT molecular complexity index is 209. The maximum Gasteiger partial charge on any atom is 0.231 e. The molecule has 0 rings (SSSR count). The minimum absolute atomic E-state index is 0.0425. The summed E-state index contributed by atoms with van der Waals surface area (Å²) in [7, 11) is -3.21. The molecule has 0 aliphatic carbocycles. The van der Waals surface area contributed by atoms with Crippen molar-refractivity contribution in [1.82, 2.24) is 4.72 Å². The molecule has 0 saturated heterocycles. The van der Waals surface area contributed by atoms with Crippen molar-refractivity contribution >= 4 is 10.0 Å². The second-order valence-electron chi connectivity index (χ2n) is 2.60. The van der Waals surface area contributed by atoms with Crippen LogP contribution in [0.1, 0.15) is 26.2 Å². The SMILES string of the molecule is C=CCS(=O)(=O)[N]CCCCC. The second-order valence-corrected chi connectivity index (χ2v) is 4.35. The fraction of sp³-hybridized carbons (Fsp3) is 0.750. The Hall–Kier alpha value is -0.350. The summed E-state index contributed by atoms with van der Waals surface area (Å²) in [6.45, 7) is 5.84. The van der Waals surface area contributed by atoms with E-state index in [1.807, 2.05) is 0 Å². The van der Waals surface area contributed by atoms with Crippen LogP contribution in [0.15, 0.2) is 12.7 Å². The molecule has 0 atom stereocenters. The van der Waals surface area contributed by atoms with Gasteiger partial charge in [0.05, 0.1) is 5.75 Å². The molecule has 0 aromatic heterocycles. The third-order valence-corrected chi connectivity index (χ3v) is 2.61. The standard InChI is InChI=1S/C8H16NO2S/c1-3-5-6-7-9-12(10,11)8-4-2/h4H,2-3,5-8H2,1H3. The minimum Gasteiger partial charge on any atom is -0.211 e. The highest BCUT2D eigenvalue weighted by molar-refractivity contribution is 7.89. The summed E-state index contributed by atoms with van der Waals surface area (Å²) in [5.41, 5.74) is 0. The second kappa shape index (κ2) is 6.20. The van der Waals surface area contributed by atoms with Gasteiger partial charge in [-0.3, -0.25) is 0 Å². The molecular formula is C8H16NO2S. The van der Waals surface area contributed by atoms with Gasteiger partial charge >= 0.3 is 0 Å². The van der Waals surface area contributed by atoms with Gasteiger partial charge in [-0.1, -0.05) is 25.8 Å². The number of nitrogens with zero attached hydrogens (tertiary/aromatic N) is 1. The van der Waals surface area contributed by atoms with Gasteiger partial charge < -0.3 is 0 Å². The van der Waals surface area contributed by atoms with E-state index in [-0.39, 0.29) is 5.75 Å². The Morgan fingerprint density at radius 3 is 2.58 bits per heavy atom. The number of unbranched alkanes of at least 4 members (excludes halogenated alkanes) is 2. The van der Waals surface area contributed by atoms with E-state index in [9.17, 15) is 8.42 Å². The normalized spacial score (nSPS) is 11.4. The molecule has 0 aromatic rings. The Balaban J connectivity index is 3.55. The summed E-state index contributed by atoms with van der Waals surface area (Å²) in [5.74, 6) is -0.0425. The van der Waals surface area contributed by atoms with Crippen LogP contribution in [-0.4, -0.2) is 20.7 Å². The predicted octanol–water partition coefficient (Wildman–Crippen LogP) is 1.30. The van der Waals surface area contributed by atoms with E-state index in [1.54, 1.807) is 0 Å². The van der Waals surface area contributed by atoms with Crippen LogP contribution in [0.5, 0.6) is 0 Å². The molecule has 12 heavy (non-hydrogen) atoms. The topological polar surface area (TPSA) is 48.2 Å². The van der Waals surface area contributed by atoms with Gasteiger partial charge in [0, 0.05) is 6.54 Å². The highest BCUT2D eigenvalue weighted by atomic mass is 32.2. The Morgan fingerprint density at radius 1 is 1.42 bits per heavy atom. The lowest BCUT2D eigenvalue weighted by Gasteiger charge is -1.99. The monoisotopic (exact) mass is 190 g/mol. The summed E-state index contributed by atoms with van der Waals surface area (Å²) in [6.07, 6.45) is 4.33. The van der Waals surface area contributed by atoms with Gasteiger partial charge in [-0.15, -0.1) is 11.3 Å². The molecular weight excluding hydrogens is 174 g/mol. The van der Waals surface area contributed by atoms with Crippen LogP contribution in [0.2, 0.25) is 0 Å². The minimum atomic E-state index is -3.21. The maximum atomic E-state index is 11.0. The van der Waals surface area contributed by atoms with Crippen molar-refractivity contribution in [1.29, 1.82) is 0 Å². The predicted molar refractivity (Wildman–Crippen MR) is 50.5 cm³/mol. The highest BCUT2D eigenvalue weighted by Gasteiger charge is 2.07. The smallest absolute Gasteiger partial charge is 0.211 e. The van der Waals surface area contributed by atoms with Gasteiger partial charge in [-0.25, -0.2) is 8.42 Å². The van der Waals surface area contributed by atoms with Crippen LogP contribution in [-0.2, 0) is 10.0 Å². The summed E-state index contributed by atoms with van der Waals surface area (Å²) >= 11 is 0. The van der Waals surface area contributed by atoms with Gasteiger partial charge in [-0.2, -0.15) is 0 Å². The Morgan fingerprint density at radius 2 is 2.08 bits per heavy atom. The molecule has 0 heterocycles. The first kappa shape index (κ1) is 11.6. The van der Waals surface area contributed by atoms with Crippen LogP contribution in [0.4, 0.5) is 0 Å². The third kappa shape index (κ3) is 6.37. The molecule has 0 N–H and O–H groups in total. The molecule has 71 valence electrons. The van der Waals surface area contributed by atoms with Crippen molar-refractivity contribution in [3.05, 3.63) is 12.7 Å². The summed E-state index contributed by atoms with van der Waals surface area (Å²) in [4.78, 5) is 0. The Kier molecular flexibility index (Phi) is 6.02. The quantitative estimate of drug-likeness (QED) is 0.448. The third-order valence-electron chi connectivity index (χ3n) is 1.38. The zero-order chi connectivity index (χ0) is 9.45. The lowest BCUT2D eigenvalue weighted by atomic mass is 10.3. The average molecular weight is 190 g/mol. The fourth-order valence-corrected chi connectivity index (χ4v) is 1.58. The van der Waals surface area contributed by atoms with E-state index in [1.165, 1.54) is 6.08 Å². The van der Waals surface area contributed by atoms with Gasteiger partial charge in [-0.05, 0) is 6.42 Å². The molecule has 4 heteroatoms. The van der Waals surface area contributed by atoms with E-state index < -0.39 is 10.0 Å². The first-order valence-corrected chi connectivity index (χ1v) is 5.75. The summed E-state index contributed by atoms with van der Waals surface area (Å²) in [6, 6.07) is 0. The van der Waals surface area contributed by atoms with Gasteiger partial charge in [0.25, 0.3) is 0 Å². The van der Waals surface area contributed by atoms with Gasteiger partial charge in [0.2, 0.25) is 10.0 Å². The van der Waals surface area contributed by atoms with E-state index in [0.717, 1.165) is 19.3 Å². The van der Waals surface area contributed by atoms with E-state index in [2.05, 4.69) is 18.2 Å². The molecule has 0 aliphatic rings. The molecule has 1 radical (unpaired) electrons. The number of sulfonamides is 1. The summed E-state index contributed by atoms with van der Waals surface area (Å²) in [5, 5.41) is 0. The molecule has 0 saturated carbocycles. The van der Waals surface area contributed by atoms with Crippen molar-refractivity contribution in [2.75, 3.05) is 12.3 Å². The van der Waals surface area contributed by atoms with Crippen molar-refractivity contribution in [3.63, 3.8) is 0 Å². The zero-order valence-electron chi connectivity index (χ0n) is 7.49. The van der Waals surface area contributed by atoms with Crippen molar-refractivity contribution < 1.29 is 8.42 Å². The van der Waals surface area contributed by atoms with Crippen LogP contribution < -0.4 is 4.72 Å². The molecule has 0 unspecified atom stereocenters. The molecule has 0 amide bonds. The van der Waals surface area contributed by atoms with Crippen molar-refractivity contribution in [3.8, 4) is 0 Å². The molecule has 0 spiro atoms. The molecule has 0 bridgehead atoms. The number of rotatable bonds is 7. The van der Waals surface area contributed by atoms with Crippen molar-refractivity contribution in [2.45, 2.75) is 26.2 Å². The summed E-state index contributed by atoms with van der Waals surface area (Å²) < 4.78 is 25.5. The first-order valence-electron chi connectivity index (χ1n) is 4.14. The van der Waals surface area contributed by atoms with Crippen molar-refractivity contribution in [2.24, 2.45) is 0 Å². The molecule has 0 fully saturated rings. The molecule has 0 aromatic carbocycles. The molecule has 0 aliphatic heterocycles. The van der Waals surface area contributed by atoms with E-state index in [4.69, 9.17) is 0 Å². The van der Waals surface area contributed by atoms with Crippen LogP contribution in [0.25, 0.3) is 0 Å². The number of hydrogen-bond acceptors (Lipinski definition) is 2. The van der Waals surface area contributed by atoms with Gasteiger partial charge in [0.1, 0.15) is 0 Å². The number of hydrogen-bond donors (Lipinski definition) is 0. The van der Waals surface area contributed by atoms with Crippen LogP contribution in [0, 0.1) is 0 Å². The van der Waals surface area contributed by atoms with Crippen LogP contribution in [0.3, 0.4) is 0 Å². The van der Waals surface area contributed by atoms with Gasteiger partial charge in [0.15, 0.2) is 0 Å². The fourth-order valence-electron chi connectivity index (χ4n) is 0.767. The average Bonchev–Trinajstić information content (AvgIpc) is 1.98. The maximum absolute atomic E-state index is 11.0. The first-order chi connectivity index (χ1) is 5.62.